The van der Waals surface area contributed by atoms with Crippen molar-refractivity contribution in [2.24, 2.45) is 5.10 Å². The molecule has 2 aromatic rings. The second kappa shape index (κ2) is 10.0. The van der Waals surface area contributed by atoms with Gasteiger partial charge in [-0.25, -0.2) is 5.43 Å². The zero-order chi connectivity index (χ0) is 18.8. The number of hydrogen-bond acceptors (Lipinski definition) is 4. The molecule has 2 N–H and O–H groups in total. The summed E-state index contributed by atoms with van der Waals surface area (Å²) in [5.41, 5.74) is 5.20. The molecular formula is C21H25N3O2. The molecule has 1 atom stereocenters. The van der Waals surface area contributed by atoms with Crippen LogP contribution in [0.5, 0.6) is 5.75 Å². The number of methoxy groups -OCH3 is 1. The van der Waals surface area contributed by atoms with E-state index in [0.717, 1.165) is 11.3 Å². The lowest BCUT2D eigenvalue weighted by Crippen LogP contribution is -2.37. The lowest BCUT2D eigenvalue weighted by molar-refractivity contribution is -0.121. The molecule has 0 fully saturated rings. The summed E-state index contributed by atoms with van der Waals surface area (Å²) in [4.78, 5) is 12.4. The van der Waals surface area contributed by atoms with Crippen LogP contribution in [0.3, 0.4) is 0 Å². The van der Waals surface area contributed by atoms with Gasteiger partial charge in [0.05, 0.1) is 18.5 Å². The fourth-order valence-electron chi connectivity index (χ4n) is 2.34. The third kappa shape index (κ3) is 5.77. The van der Waals surface area contributed by atoms with Crippen LogP contribution in [0.2, 0.25) is 0 Å². The van der Waals surface area contributed by atoms with E-state index in [-0.39, 0.29) is 5.91 Å². The summed E-state index contributed by atoms with van der Waals surface area (Å²) in [5, 5.41) is 7.36. The average molecular weight is 351 g/mol. The standard InChI is InChI=1S/C21H25N3O2/c1-4-18(22-19-12-8-9-13-20(19)26-3)21(25)24-23-16(2)14-15-17-10-6-5-7-11-17/h5-15,18,22H,4H2,1-3H3,(H,24,25)/b15-14+,23-16+/t18-/m1/s1. The van der Waals surface area contributed by atoms with Crippen molar-refractivity contribution in [3.05, 3.63) is 66.2 Å². The predicted octanol–water partition coefficient (Wildman–Crippen LogP) is 4.09. The van der Waals surface area contributed by atoms with E-state index in [1.54, 1.807) is 7.11 Å². The number of ether oxygens (including phenoxy) is 1. The van der Waals surface area contributed by atoms with Crippen molar-refractivity contribution in [3.8, 4) is 5.75 Å². The molecule has 0 aliphatic heterocycles. The molecule has 0 saturated carbocycles. The van der Waals surface area contributed by atoms with Crippen LogP contribution in [-0.4, -0.2) is 24.8 Å². The average Bonchev–Trinajstić information content (AvgIpc) is 2.69. The molecule has 0 heterocycles. The molecule has 136 valence electrons. The minimum absolute atomic E-state index is 0.189. The van der Waals surface area contributed by atoms with Gasteiger partial charge >= 0.3 is 0 Å². The van der Waals surface area contributed by atoms with Crippen LogP contribution in [0.15, 0.2) is 65.8 Å². The molecule has 0 aliphatic carbocycles. The number of para-hydroxylation sites is 2. The summed E-state index contributed by atoms with van der Waals surface area (Å²) in [7, 11) is 1.61. The van der Waals surface area contributed by atoms with Gasteiger partial charge in [0.15, 0.2) is 0 Å². The molecule has 0 unspecified atom stereocenters. The van der Waals surface area contributed by atoms with Crippen LogP contribution in [0, 0.1) is 0 Å². The highest BCUT2D eigenvalue weighted by Crippen LogP contribution is 2.24. The number of amides is 1. The van der Waals surface area contributed by atoms with Gasteiger partial charge in [0.1, 0.15) is 11.8 Å². The largest absolute Gasteiger partial charge is 0.495 e. The van der Waals surface area contributed by atoms with E-state index in [2.05, 4.69) is 15.8 Å². The molecule has 2 rings (SSSR count). The Labute approximate surface area is 154 Å². The molecule has 5 heteroatoms. The van der Waals surface area contributed by atoms with Crippen LogP contribution in [0.1, 0.15) is 25.8 Å². The number of hydrazone groups is 1. The highest BCUT2D eigenvalue weighted by atomic mass is 16.5. The van der Waals surface area contributed by atoms with Gasteiger partial charge in [-0.3, -0.25) is 4.79 Å². The van der Waals surface area contributed by atoms with Crippen LogP contribution < -0.4 is 15.5 Å². The van der Waals surface area contributed by atoms with Crippen molar-refractivity contribution in [3.63, 3.8) is 0 Å². The first-order valence-electron chi connectivity index (χ1n) is 8.61. The van der Waals surface area contributed by atoms with E-state index in [9.17, 15) is 4.79 Å². The van der Waals surface area contributed by atoms with Crippen LogP contribution in [-0.2, 0) is 4.79 Å². The third-order valence-electron chi connectivity index (χ3n) is 3.82. The van der Waals surface area contributed by atoms with Crippen LogP contribution >= 0.6 is 0 Å². The quantitative estimate of drug-likeness (QED) is 0.556. The summed E-state index contributed by atoms with van der Waals surface area (Å²) < 4.78 is 5.31. The SMILES string of the molecule is CC[C@@H](Nc1ccccc1OC)C(=O)N/N=C(C)/C=C/c1ccccc1. The molecule has 0 bridgehead atoms. The number of anilines is 1. The second-order valence-electron chi connectivity index (χ2n) is 5.78. The smallest absolute Gasteiger partial charge is 0.262 e. The molecule has 2 aromatic carbocycles. The molecule has 0 aliphatic rings. The lowest BCUT2D eigenvalue weighted by Gasteiger charge is -2.18. The van der Waals surface area contributed by atoms with E-state index in [4.69, 9.17) is 4.74 Å². The van der Waals surface area contributed by atoms with Gasteiger partial charge in [0.2, 0.25) is 0 Å². The summed E-state index contributed by atoms with van der Waals surface area (Å²) in [6.07, 6.45) is 4.44. The van der Waals surface area contributed by atoms with Gasteiger partial charge in [-0.05, 0) is 37.1 Å². The van der Waals surface area contributed by atoms with Crippen LogP contribution in [0.25, 0.3) is 6.08 Å². The van der Waals surface area contributed by atoms with Gasteiger partial charge < -0.3 is 10.1 Å². The lowest BCUT2D eigenvalue weighted by atomic mass is 10.2. The first-order valence-corrected chi connectivity index (χ1v) is 8.61. The van der Waals surface area contributed by atoms with E-state index < -0.39 is 6.04 Å². The number of benzene rings is 2. The molecule has 5 nitrogen and oxygen atoms in total. The summed E-state index contributed by atoms with van der Waals surface area (Å²) >= 11 is 0. The minimum atomic E-state index is -0.402. The monoisotopic (exact) mass is 351 g/mol. The fourth-order valence-corrected chi connectivity index (χ4v) is 2.34. The van der Waals surface area contributed by atoms with Crippen molar-refractivity contribution in [1.29, 1.82) is 0 Å². The second-order valence-corrected chi connectivity index (χ2v) is 5.78. The van der Waals surface area contributed by atoms with E-state index in [1.165, 1.54) is 0 Å². The van der Waals surface area contributed by atoms with Gasteiger partial charge in [0, 0.05) is 0 Å². The Morgan fingerprint density at radius 3 is 2.54 bits per heavy atom. The van der Waals surface area contributed by atoms with Crippen molar-refractivity contribution in [1.82, 2.24) is 5.43 Å². The molecular weight excluding hydrogens is 326 g/mol. The Hall–Kier alpha value is -3.08. The van der Waals surface area contributed by atoms with Crippen molar-refractivity contribution < 1.29 is 9.53 Å². The zero-order valence-electron chi connectivity index (χ0n) is 15.4. The normalized spacial score (nSPS) is 12.7. The number of rotatable bonds is 8. The number of carbonyl (C=O) groups excluding carboxylic acids is 1. The maximum Gasteiger partial charge on any atom is 0.262 e. The Kier molecular flexibility index (Phi) is 7.43. The first-order chi connectivity index (χ1) is 12.6. The summed E-state index contributed by atoms with van der Waals surface area (Å²) in [6.45, 7) is 3.78. The molecule has 26 heavy (non-hydrogen) atoms. The Morgan fingerprint density at radius 1 is 1.15 bits per heavy atom. The van der Waals surface area contributed by atoms with Gasteiger partial charge in [-0.1, -0.05) is 55.5 Å². The van der Waals surface area contributed by atoms with E-state index in [0.29, 0.717) is 17.9 Å². The number of nitrogens with one attached hydrogen (secondary N) is 2. The Morgan fingerprint density at radius 2 is 1.85 bits per heavy atom. The third-order valence-corrected chi connectivity index (χ3v) is 3.82. The van der Waals surface area contributed by atoms with Gasteiger partial charge in [-0.15, -0.1) is 0 Å². The first kappa shape index (κ1) is 19.2. The van der Waals surface area contributed by atoms with E-state index >= 15 is 0 Å². The maximum atomic E-state index is 12.4. The molecule has 0 saturated heterocycles. The zero-order valence-corrected chi connectivity index (χ0v) is 15.4. The Balaban J connectivity index is 1.96. The fraction of sp³-hybridized carbons (Fsp3) is 0.238. The summed E-state index contributed by atoms with van der Waals surface area (Å²) in [6, 6.07) is 17.0. The highest BCUT2D eigenvalue weighted by Gasteiger charge is 2.17. The molecule has 0 radical (unpaired) electrons. The van der Waals surface area contributed by atoms with Crippen molar-refractivity contribution in [2.75, 3.05) is 12.4 Å². The topological polar surface area (TPSA) is 62.7 Å². The Bertz CT molecular complexity index is 770. The number of allylic oxidation sites excluding steroid dienone is 1. The van der Waals surface area contributed by atoms with Crippen LogP contribution in [0.4, 0.5) is 5.69 Å². The highest BCUT2D eigenvalue weighted by molar-refractivity contribution is 5.97. The minimum Gasteiger partial charge on any atom is -0.495 e. The predicted molar refractivity (Wildman–Crippen MR) is 107 cm³/mol. The van der Waals surface area contributed by atoms with Gasteiger partial charge in [-0.2, -0.15) is 5.10 Å². The van der Waals surface area contributed by atoms with E-state index in [1.807, 2.05) is 80.6 Å². The molecule has 0 aromatic heterocycles. The van der Waals surface area contributed by atoms with Crippen molar-refractivity contribution in [2.45, 2.75) is 26.3 Å². The summed E-state index contributed by atoms with van der Waals surface area (Å²) in [5.74, 6) is 0.509. The molecule has 1 amide bonds. The maximum absolute atomic E-state index is 12.4. The van der Waals surface area contributed by atoms with Gasteiger partial charge in [0.25, 0.3) is 5.91 Å². The molecule has 0 spiro atoms. The number of carbonyl (C=O) groups is 1. The number of nitrogens with zero attached hydrogens (tertiary/aromatic N) is 1. The number of hydrogen-bond donors (Lipinski definition) is 2. The van der Waals surface area contributed by atoms with Crippen molar-refractivity contribution >= 4 is 23.4 Å².